The molecule has 156 valence electrons. The van der Waals surface area contributed by atoms with Crippen LogP contribution in [0.25, 0.3) is 11.0 Å². The maximum atomic E-state index is 12.9. The number of piperidine rings is 1. The zero-order chi connectivity index (χ0) is 19.4. The van der Waals surface area contributed by atoms with Gasteiger partial charge in [-0.05, 0) is 88.2 Å². The van der Waals surface area contributed by atoms with E-state index in [0.717, 1.165) is 42.9 Å². The van der Waals surface area contributed by atoms with Crippen molar-refractivity contribution in [3.05, 3.63) is 27.2 Å². The van der Waals surface area contributed by atoms with Crippen molar-refractivity contribution in [2.75, 3.05) is 19.6 Å². The molecule has 4 aliphatic rings. The monoisotopic (exact) mass is 394 g/mol. The van der Waals surface area contributed by atoms with Gasteiger partial charge in [-0.3, -0.25) is 4.79 Å². The van der Waals surface area contributed by atoms with E-state index in [-0.39, 0.29) is 5.56 Å². The van der Waals surface area contributed by atoms with Crippen molar-refractivity contribution in [2.24, 2.45) is 11.8 Å². The van der Waals surface area contributed by atoms with Gasteiger partial charge in [0, 0.05) is 36.5 Å². The Morgan fingerprint density at radius 3 is 2.48 bits per heavy atom. The average molecular weight is 395 g/mol. The smallest absolute Gasteiger partial charge is 0.253 e. The number of likely N-dealkylation sites (tertiary alicyclic amines) is 1. The lowest BCUT2D eigenvalue weighted by Crippen LogP contribution is -2.38. The fourth-order valence-corrected chi connectivity index (χ4v) is 6.00. The number of fused-ring (bicyclic) bond motifs is 3. The van der Waals surface area contributed by atoms with Crippen LogP contribution in [0.1, 0.15) is 80.5 Å². The maximum Gasteiger partial charge on any atom is 0.253 e. The molecule has 0 spiro atoms. The third-order valence-electron chi connectivity index (χ3n) is 7.99. The molecule has 5 heteroatoms. The number of hydrogen-bond donors (Lipinski definition) is 1. The molecule has 0 amide bonds. The van der Waals surface area contributed by atoms with E-state index in [0.29, 0.717) is 11.8 Å². The van der Waals surface area contributed by atoms with Crippen LogP contribution in [0.2, 0.25) is 0 Å². The van der Waals surface area contributed by atoms with Crippen molar-refractivity contribution in [1.82, 2.24) is 19.7 Å². The number of nitrogens with zero attached hydrogens (tertiary/aromatic N) is 3. The van der Waals surface area contributed by atoms with Gasteiger partial charge in [0.25, 0.3) is 5.56 Å². The van der Waals surface area contributed by atoms with E-state index < -0.39 is 0 Å². The lowest BCUT2D eigenvalue weighted by molar-refractivity contribution is 0.155. The van der Waals surface area contributed by atoms with Gasteiger partial charge in [0.15, 0.2) is 0 Å². The fourth-order valence-electron chi connectivity index (χ4n) is 6.00. The molecule has 1 N–H and O–H groups in total. The first-order valence-corrected chi connectivity index (χ1v) is 12.1. The maximum absolute atomic E-state index is 12.9. The van der Waals surface area contributed by atoms with Crippen LogP contribution in [0.5, 0.6) is 0 Å². The summed E-state index contributed by atoms with van der Waals surface area (Å²) in [6.45, 7) is 4.73. The normalized spacial score (nSPS) is 25.9. The van der Waals surface area contributed by atoms with Crippen molar-refractivity contribution in [1.29, 1.82) is 0 Å². The average Bonchev–Trinajstić information content (AvgIpc) is 3.43. The Morgan fingerprint density at radius 2 is 1.72 bits per heavy atom. The molecule has 6 rings (SSSR count). The van der Waals surface area contributed by atoms with Gasteiger partial charge in [-0.1, -0.05) is 6.42 Å². The number of hydrogen-bond acceptors (Lipinski definition) is 3. The number of aromatic nitrogens is 3. The summed E-state index contributed by atoms with van der Waals surface area (Å²) in [6, 6.07) is 0. The summed E-state index contributed by atoms with van der Waals surface area (Å²) in [4.78, 5) is 18.8. The van der Waals surface area contributed by atoms with Crippen LogP contribution in [0.4, 0.5) is 0 Å². The fraction of sp³-hybridized carbons (Fsp3) is 0.750. The van der Waals surface area contributed by atoms with Crippen molar-refractivity contribution in [2.45, 2.75) is 83.1 Å². The summed E-state index contributed by atoms with van der Waals surface area (Å²) in [5.41, 5.74) is 4.86. The molecule has 3 aliphatic carbocycles. The molecule has 2 aromatic rings. The van der Waals surface area contributed by atoms with E-state index in [1.807, 2.05) is 0 Å². The number of nitrogens with one attached hydrogen (secondary N) is 1. The number of rotatable bonds is 5. The minimum atomic E-state index is 0.146. The van der Waals surface area contributed by atoms with Crippen LogP contribution in [0.3, 0.4) is 0 Å². The van der Waals surface area contributed by atoms with Gasteiger partial charge in [0.1, 0.15) is 5.65 Å². The molecular formula is C24H34N4O. The Bertz CT molecular complexity index is 965. The molecule has 1 saturated heterocycles. The molecular weight excluding hydrogens is 360 g/mol. The first-order valence-electron chi connectivity index (χ1n) is 12.1. The largest absolute Gasteiger partial charge is 0.307 e. The van der Waals surface area contributed by atoms with Crippen LogP contribution < -0.4 is 5.56 Å². The molecule has 1 aliphatic heterocycles. The Balaban J connectivity index is 1.35. The highest BCUT2D eigenvalue weighted by molar-refractivity contribution is 5.84. The van der Waals surface area contributed by atoms with Gasteiger partial charge in [-0.15, -0.1) is 0 Å². The summed E-state index contributed by atoms with van der Waals surface area (Å²) >= 11 is 0. The van der Waals surface area contributed by atoms with Gasteiger partial charge < -0.3 is 9.88 Å². The minimum absolute atomic E-state index is 0.146. The van der Waals surface area contributed by atoms with Crippen molar-refractivity contribution in [3.63, 3.8) is 0 Å². The van der Waals surface area contributed by atoms with E-state index in [9.17, 15) is 4.79 Å². The van der Waals surface area contributed by atoms with E-state index >= 15 is 0 Å². The second-order valence-corrected chi connectivity index (χ2v) is 10.2. The molecule has 29 heavy (non-hydrogen) atoms. The quantitative estimate of drug-likeness (QED) is 0.834. The summed E-state index contributed by atoms with van der Waals surface area (Å²) in [6.07, 6.45) is 13.7. The predicted molar refractivity (Wildman–Crippen MR) is 115 cm³/mol. The molecule has 1 unspecified atom stereocenters. The van der Waals surface area contributed by atoms with Crippen LogP contribution >= 0.6 is 0 Å². The lowest BCUT2D eigenvalue weighted by Gasteiger charge is -2.32. The zero-order valence-corrected chi connectivity index (χ0v) is 17.6. The van der Waals surface area contributed by atoms with Crippen LogP contribution in [0.15, 0.2) is 4.79 Å². The summed E-state index contributed by atoms with van der Waals surface area (Å²) in [7, 11) is 0. The Hall–Kier alpha value is -1.62. The lowest BCUT2D eigenvalue weighted by atomic mass is 9.80. The molecule has 0 aromatic carbocycles. The van der Waals surface area contributed by atoms with Gasteiger partial charge in [-0.2, -0.15) is 5.10 Å². The van der Waals surface area contributed by atoms with Crippen LogP contribution in [0, 0.1) is 11.8 Å². The van der Waals surface area contributed by atoms with E-state index in [1.165, 1.54) is 87.6 Å². The van der Waals surface area contributed by atoms with Crippen LogP contribution in [-0.4, -0.2) is 39.3 Å². The number of pyridine rings is 1. The molecule has 5 nitrogen and oxygen atoms in total. The second-order valence-electron chi connectivity index (χ2n) is 10.2. The number of aryl methyl sites for hydroxylation is 1. The first-order chi connectivity index (χ1) is 14.3. The third kappa shape index (κ3) is 3.35. The van der Waals surface area contributed by atoms with E-state index in [1.54, 1.807) is 0 Å². The SMILES string of the molecule is O=c1[nH]c2c(c(C3CCC3)nn2CC2CCCN(CC3CC3)C2)c2c1CCCC2. The topological polar surface area (TPSA) is 53.9 Å². The molecule has 3 heterocycles. The number of H-pyrrole nitrogens is 1. The molecule has 1 atom stereocenters. The zero-order valence-electron chi connectivity index (χ0n) is 17.6. The Labute approximate surface area is 172 Å². The highest BCUT2D eigenvalue weighted by Crippen LogP contribution is 2.41. The van der Waals surface area contributed by atoms with Crippen LogP contribution in [-0.2, 0) is 19.4 Å². The molecule has 0 radical (unpaired) electrons. The standard InChI is InChI=1S/C24H34N4O/c29-24-20-9-2-1-8-19(20)21-22(18-6-3-7-18)26-28(23(21)25-24)15-17-5-4-12-27(14-17)13-16-10-11-16/h16-18H,1-15H2,(H,25,29). The highest BCUT2D eigenvalue weighted by Gasteiger charge is 2.31. The van der Waals surface area contributed by atoms with Gasteiger partial charge in [0.05, 0.1) is 5.69 Å². The minimum Gasteiger partial charge on any atom is -0.307 e. The van der Waals surface area contributed by atoms with E-state index in [4.69, 9.17) is 5.10 Å². The van der Waals surface area contributed by atoms with Gasteiger partial charge in [0.2, 0.25) is 0 Å². The highest BCUT2D eigenvalue weighted by atomic mass is 16.1. The van der Waals surface area contributed by atoms with Crippen molar-refractivity contribution < 1.29 is 0 Å². The predicted octanol–water partition coefficient (Wildman–Crippen LogP) is 3.99. The molecule has 3 fully saturated rings. The third-order valence-corrected chi connectivity index (χ3v) is 7.99. The van der Waals surface area contributed by atoms with E-state index in [2.05, 4.69) is 14.6 Å². The number of aromatic amines is 1. The summed E-state index contributed by atoms with van der Waals surface area (Å²) < 4.78 is 2.20. The Morgan fingerprint density at radius 1 is 0.897 bits per heavy atom. The summed E-state index contributed by atoms with van der Waals surface area (Å²) in [5.74, 6) is 2.22. The summed E-state index contributed by atoms with van der Waals surface area (Å²) in [5, 5.41) is 6.51. The van der Waals surface area contributed by atoms with Gasteiger partial charge in [-0.25, -0.2) is 4.68 Å². The second kappa shape index (κ2) is 7.26. The van der Waals surface area contributed by atoms with Crippen molar-refractivity contribution in [3.8, 4) is 0 Å². The van der Waals surface area contributed by atoms with Crippen molar-refractivity contribution >= 4 is 11.0 Å². The first kappa shape index (κ1) is 18.2. The molecule has 0 bridgehead atoms. The van der Waals surface area contributed by atoms with Gasteiger partial charge >= 0.3 is 0 Å². The molecule has 2 saturated carbocycles. The molecule has 2 aromatic heterocycles. The Kier molecular flexibility index (Phi) is 4.55.